The van der Waals surface area contributed by atoms with Crippen molar-refractivity contribution in [3.8, 4) is 5.75 Å². The molecule has 0 aliphatic heterocycles. The minimum atomic E-state index is -0.297. The Morgan fingerprint density at radius 1 is 1.30 bits per heavy atom. The number of nitrogens with zero attached hydrogens (tertiary/aromatic N) is 3. The van der Waals surface area contributed by atoms with E-state index in [0.717, 1.165) is 26.9 Å². The highest BCUT2D eigenvalue weighted by Crippen LogP contribution is 2.23. The van der Waals surface area contributed by atoms with Crippen molar-refractivity contribution in [2.75, 3.05) is 12.4 Å². The summed E-state index contributed by atoms with van der Waals surface area (Å²) in [6.07, 6.45) is 1.66. The topological polar surface area (TPSA) is 81.1 Å². The van der Waals surface area contributed by atoms with Gasteiger partial charge in [-0.05, 0) is 26.8 Å². The van der Waals surface area contributed by atoms with E-state index in [1.165, 1.54) is 0 Å². The van der Waals surface area contributed by atoms with E-state index in [2.05, 4.69) is 20.7 Å². The van der Waals surface area contributed by atoms with Crippen LogP contribution in [-0.4, -0.2) is 27.9 Å². The molecule has 27 heavy (non-hydrogen) atoms. The van der Waals surface area contributed by atoms with E-state index in [4.69, 9.17) is 4.74 Å². The summed E-state index contributed by atoms with van der Waals surface area (Å²) in [7, 11) is 1.64. The molecule has 1 unspecified atom stereocenters. The lowest BCUT2D eigenvalue weighted by Crippen LogP contribution is -2.32. The number of ether oxygens (including phenoxy) is 1. The molecule has 2 N–H and O–H groups in total. The molecule has 0 saturated heterocycles. The van der Waals surface area contributed by atoms with Crippen LogP contribution < -0.4 is 15.4 Å². The maximum Gasteiger partial charge on any atom is 0.320 e. The van der Waals surface area contributed by atoms with Crippen LogP contribution in [0.2, 0.25) is 0 Å². The lowest BCUT2D eigenvalue weighted by atomic mass is 10.2. The highest BCUT2D eigenvalue weighted by molar-refractivity contribution is 7.11. The Bertz CT molecular complexity index is 934. The first-order chi connectivity index (χ1) is 13.0. The van der Waals surface area contributed by atoms with Gasteiger partial charge in [0.2, 0.25) is 0 Å². The van der Waals surface area contributed by atoms with Gasteiger partial charge in [0.15, 0.2) is 0 Å². The molecule has 0 fully saturated rings. The average molecular weight is 385 g/mol. The van der Waals surface area contributed by atoms with Crippen LogP contribution in [0.25, 0.3) is 0 Å². The van der Waals surface area contributed by atoms with Gasteiger partial charge in [0, 0.05) is 16.5 Å². The summed E-state index contributed by atoms with van der Waals surface area (Å²) >= 11 is 1.63. The van der Waals surface area contributed by atoms with Crippen molar-refractivity contribution in [1.29, 1.82) is 0 Å². The van der Waals surface area contributed by atoms with E-state index in [9.17, 15) is 4.79 Å². The van der Waals surface area contributed by atoms with Crippen LogP contribution >= 0.6 is 11.3 Å². The number of nitrogens with one attached hydrogen (secondary N) is 2. The fourth-order valence-electron chi connectivity index (χ4n) is 2.92. The molecule has 0 saturated carbocycles. The number of aryl methyl sites for hydroxylation is 2. The van der Waals surface area contributed by atoms with Gasteiger partial charge in [-0.2, -0.15) is 5.10 Å². The highest BCUT2D eigenvalue weighted by atomic mass is 32.1. The quantitative estimate of drug-likeness (QED) is 0.674. The summed E-state index contributed by atoms with van der Waals surface area (Å²) in [5.74, 6) is 1.39. The Kier molecular flexibility index (Phi) is 5.75. The molecule has 8 heteroatoms. The minimum absolute atomic E-state index is 0.180. The van der Waals surface area contributed by atoms with Gasteiger partial charge >= 0.3 is 6.03 Å². The van der Waals surface area contributed by atoms with Crippen molar-refractivity contribution in [2.24, 2.45) is 0 Å². The largest absolute Gasteiger partial charge is 0.496 e. The van der Waals surface area contributed by atoms with E-state index in [1.807, 2.05) is 45.0 Å². The van der Waals surface area contributed by atoms with Crippen LogP contribution in [0, 0.1) is 13.8 Å². The maximum absolute atomic E-state index is 12.4. The summed E-state index contributed by atoms with van der Waals surface area (Å²) in [5.41, 5.74) is 1.88. The molecule has 0 radical (unpaired) electrons. The predicted molar refractivity (Wildman–Crippen MR) is 106 cm³/mol. The molecule has 2 heterocycles. The van der Waals surface area contributed by atoms with Crippen molar-refractivity contribution < 1.29 is 9.53 Å². The van der Waals surface area contributed by atoms with Gasteiger partial charge in [0.25, 0.3) is 0 Å². The Balaban J connectivity index is 1.67. The molecule has 2 aromatic heterocycles. The third-order valence-electron chi connectivity index (χ3n) is 4.17. The molecule has 3 rings (SSSR count). The molecule has 1 aromatic carbocycles. The van der Waals surface area contributed by atoms with Crippen LogP contribution in [0.15, 0.2) is 36.5 Å². The number of aromatic nitrogens is 3. The summed E-state index contributed by atoms with van der Waals surface area (Å²) in [6.45, 7) is 6.39. The van der Waals surface area contributed by atoms with Gasteiger partial charge in [-0.3, -0.25) is 5.32 Å². The normalized spacial score (nSPS) is 11.9. The van der Waals surface area contributed by atoms with E-state index in [1.54, 1.807) is 35.4 Å². The number of carbonyl (C=O) groups is 1. The molecule has 7 nitrogen and oxygen atoms in total. The van der Waals surface area contributed by atoms with E-state index < -0.39 is 0 Å². The number of rotatable bonds is 6. The highest BCUT2D eigenvalue weighted by Gasteiger charge is 2.16. The first-order valence-electron chi connectivity index (χ1n) is 8.63. The number of anilines is 1. The summed E-state index contributed by atoms with van der Waals surface area (Å²) in [4.78, 5) is 18.0. The van der Waals surface area contributed by atoms with Gasteiger partial charge in [0.1, 0.15) is 11.6 Å². The zero-order valence-electron chi connectivity index (χ0n) is 15.8. The third kappa shape index (κ3) is 4.46. The Morgan fingerprint density at radius 2 is 2.07 bits per heavy atom. The Morgan fingerprint density at radius 3 is 2.78 bits per heavy atom. The van der Waals surface area contributed by atoms with Crippen LogP contribution in [0.5, 0.6) is 5.75 Å². The first kappa shape index (κ1) is 18.9. The smallest absolute Gasteiger partial charge is 0.320 e. The van der Waals surface area contributed by atoms with Crippen molar-refractivity contribution in [3.63, 3.8) is 0 Å². The fraction of sp³-hybridized carbons (Fsp3) is 0.316. The molecular formula is C19H23N5O2S. The second kappa shape index (κ2) is 8.22. The molecular weight excluding hydrogens is 362 g/mol. The zero-order chi connectivity index (χ0) is 19.4. The summed E-state index contributed by atoms with van der Waals surface area (Å²) < 4.78 is 7.11. The first-order valence-corrected chi connectivity index (χ1v) is 9.44. The van der Waals surface area contributed by atoms with Crippen LogP contribution in [0.3, 0.4) is 0 Å². The van der Waals surface area contributed by atoms with Crippen LogP contribution in [-0.2, 0) is 6.54 Å². The van der Waals surface area contributed by atoms with Crippen molar-refractivity contribution in [2.45, 2.75) is 33.4 Å². The van der Waals surface area contributed by atoms with E-state index >= 15 is 0 Å². The van der Waals surface area contributed by atoms with Crippen LogP contribution in [0.1, 0.15) is 34.1 Å². The number of methoxy groups -OCH3 is 1. The number of hydrogen-bond donors (Lipinski definition) is 2. The van der Waals surface area contributed by atoms with Gasteiger partial charge < -0.3 is 10.1 Å². The standard InChI is InChI=1S/C19H23N5O2S/c1-12(18-13(2)27-14(3)22-18)21-19(25)23-17-9-10-20-24(17)11-15-7-5-6-8-16(15)26-4/h5-10,12H,11H2,1-4H3,(H2,21,23,25). The number of amides is 2. The molecule has 0 spiro atoms. The predicted octanol–water partition coefficient (Wildman–Crippen LogP) is 3.90. The minimum Gasteiger partial charge on any atom is -0.496 e. The van der Waals surface area contributed by atoms with Crippen molar-refractivity contribution in [1.82, 2.24) is 20.1 Å². The lowest BCUT2D eigenvalue weighted by molar-refractivity contribution is 0.249. The molecule has 0 bridgehead atoms. The number of thiazole rings is 1. The molecule has 1 atom stereocenters. The third-order valence-corrected chi connectivity index (χ3v) is 5.07. The van der Waals surface area contributed by atoms with Gasteiger partial charge in [-0.1, -0.05) is 18.2 Å². The molecule has 0 aliphatic carbocycles. The van der Waals surface area contributed by atoms with Crippen molar-refractivity contribution >= 4 is 23.2 Å². The monoisotopic (exact) mass is 385 g/mol. The number of urea groups is 1. The molecule has 142 valence electrons. The summed E-state index contributed by atoms with van der Waals surface area (Å²) in [6, 6.07) is 9.02. The van der Waals surface area contributed by atoms with Gasteiger partial charge in [0.05, 0.1) is 36.6 Å². The van der Waals surface area contributed by atoms with E-state index in [0.29, 0.717) is 12.4 Å². The average Bonchev–Trinajstić information content (AvgIpc) is 3.21. The lowest BCUT2D eigenvalue weighted by Gasteiger charge is -2.15. The van der Waals surface area contributed by atoms with Gasteiger partial charge in [-0.25, -0.2) is 14.5 Å². The number of para-hydroxylation sites is 1. The number of carbonyl (C=O) groups excluding carboxylic acids is 1. The summed E-state index contributed by atoms with van der Waals surface area (Å²) in [5, 5.41) is 11.1. The molecule has 2 amide bonds. The second-order valence-electron chi connectivity index (χ2n) is 6.18. The Hall–Kier alpha value is -2.87. The Labute approximate surface area is 162 Å². The second-order valence-corrected chi connectivity index (χ2v) is 7.59. The molecule has 3 aromatic rings. The zero-order valence-corrected chi connectivity index (χ0v) is 16.6. The SMILES string of the molecule is COc1ccccc1Cn1nccc1NC(=O)NC(C)c1nc(C)sc1C. The van der Waals surface area contributed by atoms with Crippen LogP contribution in [0.4, 0.5) is 10.6 Å². The fourth-order valence-corrected chi connectivity index (χ4v) is 3.84. The van der Waals surface area contributed by atoms with Gasteiger partial charge in [-0.15, -0.1) is 11.3 Å². The maximum atomic E-state index is 12.4. The number of benzene rings is 1. The molecule has 0 aliphatic rings. The van der Waals surface area contributed by atoms with E-state index in [-0.39, 0.29) is 12.1 Å². The van der Waals surface area contributed by atoms with Crippen molar-refractivity contribution in [3.05, 3.63) is 57.7 Å². The number of hydrogen-bond acceptors (Lipinski definition) is 5.